The highest BCUT2D eigenvalue weighted by atomic mass is 16.5. The van der Waals surface area contributed by atoms with Gasteiger partial charge in [0.15, 0.2) is 11.5 Å². The van der Waals surface area contributed by atoms with Crippen LogP contribution in [-0.2, 0) is 9.59 Å². The molecule has 1 unspecified atom stereocenters. The van der Waals surface area contributed by atoms with Crippen molar-refractivity contribution in [1.82, 2.24) is 4.90 Å². The van der Waals surface area contributed by atoms with Crippen LogP contribution in [-0.4, -0.2) is 62.6 Å². The molecule has 1 saturated heterocycles. The van der Waals surface area contributed by atoms with Crippen LogP contribution in [0.2, 0.25) is 0 Å². The van der Waals surface area contributed by atoms with E-state index < -0.39 is 23.5 Å². The molecule has 8 heteroatoms. The normalized spacial score (nSPS) is 17.3. The van der Waals surface area contributed by atoms with Crippen LogP contribution >= 0.6 is 0 Å². The molecule has 1 atom stereocenters. The predicted molar refractivity (Wildman–Crippen MR) is 130 cm³/mol. The maximum atomic E-state index is 13.7. The number of nitrogens with one attached hydrogen (secondary N) is 1. The molecule has 8 nitrogen and oxygen atoms in total. The second kappa shape index (κ2) is 11.3. The molecule has 188 valence electrons. The number of ketones is 1. The average Bonchev–Trinajstić information content (AvgIpc) is 3.08. The van der Waals surface area contributed by atoms with Crippen molar-refractivity contribution < 1.29 is 34.2 Å². The third kappa shape index (κ3) is 5.59. The fourth-order valence-corrected chi connectivity index (χ4v) is 4.09. The van der Waals surface area contributed by atoms with Gasteiger partial charge in [0.05, 0.1) is 46.9 Å². The Morgan fingerprint density at radius 2 is 1.89 bits per heavy atom. The standard InChI is InChI=1S/C27H34N2O6/c1-6-7-14-35-21-11-9-19(15-17(21)2)25(31)23-24(18-8-10-20(30)22(16-18)34-5)29(13-12-28(3)4)27(33)26(23)32/h8-11,15-16,24,30-31H,6-7,12-14H2,1-5H3. The van der Waals surface area contributed by atoms with Crippen molar-refractivity contribution in [2.24, 2.45) is 0 Å². The Morgan fingerprint density at radius 1 is 1.14 bits per heavy atom. The average molecular weight is 483 g/mol. The first-order valence-corrected chi connectivity index (χ1v) is 11.9. The molecule has 0 bridgehead atoms. The monoisotopic (exact) mass is 482 g/mol. The lowest BCUT2D eigenvalue weighted by Gasteiger charge is -2.28. The Bertz CT molecular complexity index is 1120. The summed E-state index contributed by atoms with van der Waals surface area (Å²) >= 11 is 0. The molecule has 1 aliphatic heterocycles. The number of quaternary nitrogens is 1. The molecule has 0 aliphatic carbocycles. The van der Waals surface area contributed by atoms with Gasteiger partial charge in [-0.2, -0.15) is 0 Å². The fraction of sp³-hybridized carbons (Fsp3) is 0.407. The number of nitrogens with zero attached hydrogens (tertiary/aromatic N) is 1. The predicted octanol–water partition coefficient (Wildman–Crippen LogP) is 1.26. The Morgan fingerprint density at radius 3 is 2.51 bits per heavy atom. The number of unbranched alkanes of at least 4 members (excludes halogenated alkanes) is 1. The van der Waals surface area contributed by atoms with E-state index in [1.807, 2.05) is 21.0 Å². The number of ether oxygens (including phenoxy) is 2. The second-order valence-corrected chi connectivity index (χ2v) is 9.04. The van der Waals surface area contributed by atoms with E-state index in [0.29, 0.717) is 36.6 Å². The number of hydrogen-bond donors (Lipinski definition) is 2. The van der Waals surface area contributed by atoms with Crippen molar-refractivity contribution in [1.29, 1.82) is 0 Å². The highest BCUT2D eigenvalue weighted by Crippen LogP contribution is 2.41. The molecule has 1 heterocycles. The van der Waals surface area contributed by atoms with Gasteiger partial charge in [0, 0.05) is 5.57 Å². The van der Waals surface area contributed by atoms with Gasteiger partial charge < -0.3 is 29.5 Å². The van der Waals surface area contributed by atoms with E-state index in [9.17, 15) is 19.8 Å². The largest absolute Gasteiger partial charge is 0.872 e. The Balaban J connectivity index is 2.10. The van der Waals surface area contributed by atoms with Gasteiger partial charge in [0.2, 0.25) is 5.78 Å². The lowest BCUT2D eigenvalue weighted by Crippen LogP contribution is -3.06. The summed E-state index contributed by atoms with van der Waals surface area (Å²) < 4.78 is 11.0. The molecular weight excluding hydrogens is 448 g/mol. The fourth-order valence-electron chi connectivity index (χ4n) is 4.09. The molecule has 2 aromatic rings. The number of phenolic OH excluding ortho intramolecular Hbond substituents is 1. The summed E-state index contributed by atoms with van der Waals surface area (Å²) in [6.07, 6.45) is 1.94. The van der Waals surface area contributed by atoms with Crippen molar-refractivity contribution in [3.05, 3.63) is 58.7 Å². The first kappa shape index (κ1) is 26.1. The number of amides is 1. The molecule has 0 aromatic heterocycles. The van der Waals surface area contributed by atoms with Crippen LogP contribution in [0.25, 0.3) is 5.76 Å². The van der Waals surface area contributed by atoms with E-state index in [-0.39, 0.29) is 17.1 Å². The molecular formula is C27H34N2O6. The lowest BCUT2D eigenvalue weighted by atomic mass is 9.94. The lowest BCUT2D eigenvalue weighted by molar-refractivity contribution is -0.857. The van der Waals surface area contributed by atoms with Crippen LogP contribution < -0.4 is 19.5 Å². The zero-order valence-corrected chi connectivity index (χ0v) is 21.0. The maximum Gasteiger partial charge on any atom is 0.295 e. The first-order valence-electron chi connectivity index (χ1n) is 11.9. The minimum absolute atomic E-state index is 0.0710. The number of aryl methyl sites for hydroxylation is 1. The Kier molecular flexibility index (Phi) is 8.40. The topological polar surface area (TPSA) is 104 Å². The van der Waals surface area contributed by atoms with Gasteiger partial charge in [0.25, 0.3) is 5.91 Å². The third-order valence-corrected chi connectivity index (χ3v) is 6.09. The van der Waals surface area contributed by atoms with Crippen LogP contribution in [0.1, 0.15) is 42.5 Å². The molecule has 35 heavy (non-hydrogen) atoms. The highest BCUT2D eigenvalue weighted by molar-refractivity contribution is 6.46. The minimum Gasteiger partial charge on any atom is -0.872 e. The molecule has 0 radical (unpaired) electrons. The van der Waals surface area contributed by atoms with Crippen molar-refractivity contribution in [2.75, 3.05) is 40.9 Å². The molecule has 0 spiro atoms. The Hall–Kier alpha value is -3.52. The number of hydrogen-bond acceptors (Lipinski definition) is 6. The molecule has 3 rings (SSSR count). The smallest absolute Gasteiger partial charge is 0.295 e. The number of carbonyl (C=O) groups is 2. The van der Waals surface area contributed by atoms with Crippen LogP contribution in [0.15, 0.2) is 42.0 Å². The number of aromatic hydroxyl groups is 1. The number of phenols is 1. The number of rotatable bonds is 10. The second-order valence-electron chi connectivity index (χ2n) is 9.04. The zero-order chi connectivity index (χ0) is 25.7. The van der Waals surface area contributed by atoms with Crippen LogP contribution in [0.4, 0.5) is 0 Å². The first-order chi connectivity index (χ1) is 16.7. The summed E-state index contributed by atoms with van der Waals surface area (Å²) in [6, 6.07) is 8.77. The highest BCUT2D eigenvalue weighted by Gasteiger charge is 2.44. The van der Waals surface area contributed by atoms with Crippen LogP contribution in [0.5, 0.6) is 17.2 Å². The van der Waals surface area contributed by atoms with E-state index in [0.717, 1.165) is 23.3 Å². The van der Waals surface area contributed by atoms with E-state index in [1.54, 1.807) is 30.3 Å². The SMILES string of the molecule is CCCCOc1ccc(C([O-])=C2C(=O)C(=O)N(CC[NH+](C)C)C2c2ccc(O)c(OC)c2)cc1C. The molecule has 1 fully saturated rings. The summed E-state index contributed by atoms with van der Waals surface area (Å²) in [6.45, 7) is 5.40. The van der Waals surface area contributed by atoms with Crippen molar-refractivity contribution >= 4 is 17.4 Å². The van der Waals surface area contributed by atoms with Gasteiger partial charge in [-0.3, -0.25) is 9.59 Å². The van der Waals surface area contributed by atoms with Crippen LogP contribution in [0, 0.1) is 6.92 Å². The van der Waals surface area contributed by atoms with Gasteiger partial charge in [-0.25, -0.2) is 0 Å². The minimum atomic E-state index is -0.878. The number of carbonyl (C=O) groups excluding carboxylic acids is 2. The van der Waals surface area contributed by atoms with E-state index in [1.165, 1.54) is 18.1 Å². The number of likely N-dealkylation sites (tertiary alicyclic amines) is 1. The van der Waals surface area contributed by atoms with E-state index >= 15 is 0 Å². The van der Waals surface area contributed by atoms with Gasteiger partial charge >= 0.3 is 0 Å². The van der Waals surface area contributed by atoms with Crippen molar-refractivity contribution in [3.8, 4) is 17.2 Å². The number of Topliss-reactive ketones (excluding diaryl/α,β-unsaturated/α-hetero) is 1. The van der Waals surface area contributed by atoms with Crippen molar-refractivity contribution in [3.63, 3.8) is 0 Å². The maximum absolute atomic E-state index is 13.7. The summed E-state index contributed by atoms with van der Waals surface area (Å²) in [7, 11) is 5.31. The third-order valence-electron chi connectivity index (χ3n) is 6.09. The zero-order valence-electron chi connectivity index (χ0n) is 21.0. The summed E-state index contributed by atoms with van der Waals surface area (Å²) in [5.74, 6) is -1.20. The molecule has 2 aromatic carbocycles. The molecule has 1 amide bonds. The van der Waals surface area contributed by atoms with Gasteiger partial charge in [-0.05, 0) is 54.3 Å². The summed E-state index contributed by atoms with van der Waals surface area (Å²) in [5, 5.41) is 23.7. The van der Waals surface area contributed by atoms with Gasteiger partial charge in [-0.15, -0.1) is 0 Å². The Labute approximate surface area is 206 Å². The van der Waals surface area contributed by atoms with E-state index in [2.05, 4.69) is 6.92 Å². The van der Waals surface area contributed by atoms with Crippen LogP contribution in [0.3, 0.4) is 0 Å². The quantitative estimate of drug-likeness (QED) is 0.229. The number of methoxy groups -OCH3 is 1. The van der Waals surface area contributed by atoms with E-state index in [4.69, 9.17) is 9.47 Å². The van der Waals surface area contributed by atoms with Gasteiger partial charge in [-0.1, -0.05) is 31.2 Å². The van der Waals surface area contributed by atoms with Crippen molar-refractivity contribution in [2.45, 2.75) is 32.7 Å². The van der Waals surface area contributed by atoms with Gasteiger partial charge in [0.1, 0.15) is 5.75 Å². The molecule has 2 N–H and O–H groups in total. The number of likely N-dealkylation sites (N-methyl/N-ethyl adjacent to an activating group) is 1. The number of benzene rings is 2. The summed E-state index contributed by atoms with van der Waals surface area (Å²) in [4.78, 5) is 28.7. The molecule has 0 saturated carbocycles. The molecule has 1 aliphatic rings. The summed E-state index contributed by atoms with van der Waals surface area (Å²) in [5.41, 5.74) is 1.51.